The van der Waals surface area contributed by atoms with Crippen LogP contribution in [0.4, 0.5) is 16.2 Å². The Kier molecular flexibility index (Phi) is 3.72. The number of primary amides is 1. The summed E-state index contributed by atoms with van der Waals surface area (Å²) in [4.78, 5) is 26.5. The normalized spacial score (nSPS) is 9.68. The number of urea groups is 1. The zero-order valence-corrected chi connectivity index (χ0v) is 9.96. The number of benzene rings is 1. The van der Waals surface area contributed by atoms with Crippen molar-refractivity contribution in [1.29, 1.82) is 0 Å². The lowest BCUT2D eigenvalue weighted by atomic mass is 10.2. The Bertz CT molecular complexity index is 599. The van der Waals surface area contributed by atoms with E-state index in [0.717, 1.165) is 0 Å². The molecule has 0 bridgehead atoms. The van der Waals surface area contributed by atoms with Gasteiger partial charge in [0.25, 0.3) is 5.91 Å². The summed E-state index contributed by atoms with van der Waals surface area (Å²) < 4.78 is 0. The Labute approximate surface area is 109 Å². The zero-order chi connectivity index (χ0) is 13.7. The maximum absolute atomic E-state index is 11.9. The van der Waals surface area contributed by atoms with Gasteiger partial charge in [0, 0.05) is 29.3 Å². The van der Waals surface area contributed by atoms with Gasteiger partial charge in [-0.1, -0.05) is 6.07 Å². The highest BCUT2D eigenvalue weighted by molar-refractivity contribution is 6.04. The number of hydrogen-bond acceptors (Lipinski definition) is 3. The predicted molar refractivity (Wildman–Crippen MR) is 71.8 cm³/mol. The Morgan fingerprint density at radius 1 is 1.00 bits per heavy atom. The number of carbonyl (C=O) groups is 2. The number of amides is 3. The Hall–Kier alpha value is -2.89. The van der Waals surface area contributed by atoms with Crippen molar-refractivity contribution in [3.05, 3.63) is 54.4 Å². The molecule has 0 unspecified atom stereocenters. The number of nitrogens with two attached hydrogens (primary N) is 1. The predicted octanol–water partition coefficient (Wildman–Crippen LogP) is 1.82. The topological polar surface area (TPSA) is 97.1 Å². The van der Waals surface area contributed by atoms with Crippen molar-refractivity contribution in [3.63, 3.8) is 0 Å². The molecule has 96 valence electrons. The maximum atomic E-state index is 11.9. The highest BCUT2D eigenvalue weighted by atomic mass is 16.2. The van der Waals surface area contributed by atoms with Crippen LogP contribution in [-0.4, -0.2) is 16.9 Å². The lowest BCUT2D eigenvalue weighted by molar-refractivity contribution is 0.102. The quantitative estimate of drug-likeness (QED) is 0.781. The second-order valence-corrected chi connectivity index (χ2v) is 3.76. The van der Waals surface area contributed by atoms with Gasteiger partial charge in [-0.3, -0.25) is 9.78 Å². The van der Waals surface area contributed by atoms with Crippen LogP contribution in [0.2, 0.25) is 0 Å². The molecular formula is C13H12N4O2. The largest absolute Gasteiger partial charge is 0.351 e. The molecule has 4 N–H and O–H groups in total. The first-order chi connectivity index (χ1) is 9.15. The highest BCUT2D eigenvalue weighted by Crippen LogP contribution is 2.15. The van der Waals surface area contributed by atoms with Gasteiger partial charge in [-0.25, -0.2) is 4.79 Å². The first-order valence-corrected chi connectivity index (χ1v) is 5.53. The van der Waals surface area contributed by atoms with E-state index in [9.17, 15) is 9.59 Å². The first kappa shape index (κ1) is 12.6. The average molecular weight is 256 g/mol. The second kappa shape index (κ2) is 5.63. The molecule has 0 atom stereocenters. The summed E-state index contributed by atoms with van der Waals surface area (Å²) in [7, 11) is 0. The van der Waals surface area contributed by atoms with Crippen molar-refractivity contribution < 1.29 is 9.59 Å². The van der Waals surface area contributed by atoms with Gasteiger partial charge in [0.15, 0.2) is 0 Å². The van der Waals surface area contributed by atoms with Crippen LogP contribution < -0.4 is 16.4 Å². The number of nitrogens with one attached hydrogen (secondary N) is 2. The summed E-state index contributed by atoms with van der Waals surface area (Å²) in [5.41, 5.74) is 6.60. The molecule has 0 fully saturated rings. The van der Waals surface area contributed by atoms with Gasteiger partial charge in [0.05, 0.1) is 0 Å². The molecule has 1 aromatic heterocycles. The summed E-state index contributed by atoms with van der Waals surface area (Å²) >= 11 is 0. The molecule has 6 nitrogen and oxygen atoms in total. The Morgan fingerprint density at radius 2 is 1.63 bits per heavy atom. The van der Waals surface area contributed by atoms with E-state index in [1.165, 1.54) is 0 Å². The maximum Gasteiger partial charge on any atom is 0.316 e. The van der Waals surface area contributed by atoms with E-state index < -0.39 is 6.03 Å². The SMILES string of the molecule is NC(=O)Nc1cccc(NC(=O)c2ccncc2)c1. The monoisotopic (exact) mass is 256 g/mol. The molecule has 0 aliphatic heterocycles. The third-order valence-electron chi connectivity index (χ3n) is 2.33. The molecule has 1 heterocycles. The van der Waals surface area contributed by atoms with Crippen molar-refractivity contribution in [2.24, 2.45) is 5.73 Å². The number of pyridine rings is 1. The fraction of sp³-hybridized carbons (Fsp3) is 0. The molecule has 6 heteroatoms. The molecule has 0 spiro atoms. The number of anilines is 2. The molecule has 19 heavy (non-hydrogen) atoms. The molecule has 0 aliphatic carbocycles. The van der Waals surface area contributed by atoms with E-state index in [-0.39, 0.29) is 5.91 Å². The van der Waals surface area contributed by atoms with Crippen molar-refractivity contribution in [2.45, 2.75) is 0 Å². The van der Waals surface area contributed by atoms with Crippen molar-refractivity contribution in [2.75, 3.05) is 10.6 Å². The average Bonchev–Trinajstić information content (AvgIpc) is 2.39. The Balaban J connectivity index is 2.11. The highest BCUT2D eigenvalue weighted by Gasteiger charge is 2.05. The standard InChI is InChI=1S/C13H12N4O2/c14-13(19)17-11-3-1-2-10(8-11)16-12(18)9-4-6-15-7-5-9/h1-8H,(H,16,18)(H3,14,17,19). The van der Waals surface area contributed by atoms with Crippen LogP contribution in [0.3, 0.4) is 0 Å². The number of carbonyl (C=O) groups excluding carboxylic acids is 2. The molecule has 2 aromatic rings. The van der Waals surface area contributed by atoms with E-state index >= 15 is 0 Å². The van der Waals surface area contributed by atoms with Crippen LogP contribution in [0.15, 0.2) is 48.8 Å². The fourth-order valence-electron chi connectivity index (χ4n) is 1.52. The van der Waals surface area contributed by atoms with E-state index in [2.05, 4.69) is 15.6 Å². The number of aromatic nitrogens is 1. The zero-order valence-electron chi connectivity index (χ0n) is 9.96. The molecule has 0 saturated heterocycles. The summed E-state index contributed by atoms with van der Waals surface area (Å²) in [6.45, 7) is 0. The number of hydrogen-bond donors (Lipinski definition) is 3. The van der Waals surface area contributed by atoms with Crippen LogP contribution >= 0.6 is 0 Å². The molecular weight excluding hydrogens is 244 g/mol. The van der Waals surface area contributed by atoms with Gasteiger partial charge in [-0.15, -0.1) is 0 Å². The van der Waals surface area contributed by atoms with E-state index in [1.807, 2.05) is 0 Å². The van der Waals surface area contributed by atoms with Gasteiger partial charge in [-0.05, 0) is 30.3 Å². The van der Waals surface area contributed by atoms with Crippen LogP contribution in [0.5, 0.6) is 0 Å². The van der Waals surface area contributed by atoms with Crippen LogP contribution in [0, 0.1) is 0 Å². The van der Waals surface area contributed by atoms with E-state index in [0.29, 0.717) is 16.9 Å². The number of rotatable bonds is 3. The van der Waals surface area contributed by atoms with Crippen molar-refractivity contribution in [3.8, 4) is 0 Å². The van der Waals surface area contributed by atoms with Crippen LogP contribution in [0.25, 0.3) is 0 Å². The smallest absolute Gasteiger partial charge is 0.316 e. The van der Waals surface area contributed by atoms with Crippen LogP contribution in [0.1, 0.15) is 10.4 Å². The third-order valence-corrected chi connectivity index (χ3v) is 2.33. The molecule has 1 aromatic carbocycles. The minimum Gasteiger partial charge on any atom is -0.351 e. The fourth-order valence-corrected chi connectivity index (χ4v) is 1.52. The molecule has 0 aliphatic rings. The first-order valence-electron chi connectivity index (χ1n) is 5.53. The van der Waals surface area contributed by atoms with Crippen molar-refractivity contribution in [1.82, 2.24) is 4.98 Å². The Morgan fingerprint density at radius 3 is 2.26 bits per heavy atom. The lowest BCUT2D eigenvalue weighted by Gasteiger charge is -2.07. The summed E-state index contributed by atoms with van der Waals surface area (Å²) in [5, 5.41) is 5.15. The van der Waals surface area contributed by atoms with Gasteiger partial charge in [-0.2, -0.15) is 0 Å². The summed E-state index contributed by atoms with van der Waals surface area (Å²) in [6, 6.07) is 9.27. The molecule has 0 saturated carbocycles. The van der Waals surface area contributed by atoms with Gasteiger partial charge in [0.2, 0.25) is 0 Å². The van der Waals surface area contributed by atoms with Gasteiger partial charge < -0.3 is 16.4 Å². The minimum atomic E-state index is -0.655. The van der Waals surface area contributed by atoms with E-state index in [1.54, 1.807) is 48.8 Å². The lowest BCUT2D eigenvalue weighted by Crippen LogP contribution is -2.19. The second-order valence-electron chi connectivity index (χ2n) is 3.76. The van der Waals surface area contributed by atoms with Crippen molar-refractivity contribution >= 4 is 23.3 Å². The molecule has 2 rings (SSSR count). The summed E-state index contributed by atoms with van der Waals surface area (Å²) in [5.74, 6) is -0.251. The number of nitrogens with zero attached hydrogens (tertiary/aromatic N) is 1. The van der Waals surface area contributed by atoms with Crippen LogP contribution in [-0.2, 0) is 0 Å². The minimum absolute atomic E-state index is 0.251. The third kappa shape index (κ3) is 3.53. The van der Waals surface area contributed by atoms with Gasteiger partial charge in [0.1, 0.15) is 0 Å². The molecule has 3 amide bonds. The van der Waals surface area contributed by atoms with Gasteiger partial charge >= 0.3 is 6.03 Å². The summed E-state index contributed by atoms with van der Waals surface area (Å²) in [6.07, 6.45) is 3.08. The molecule has 0 radical (unpaired) electrons. The van der Waals surface area contributed by atoms with E-state index in [4.69, 9.17) is 5.73 Å².